The minimum Gasteiger partial charge on any atom is -0.481 e. The highest BCUT2D eigenvalue weighted by atomic mass is 19.4. The van der Waals surface area contributed by atoms with Gasteiger partial charge in [0.2, 0.25) is 0 Å². The van der Waals surface area contributed by atoms with E-state index in [4.69, 9.17) is 5.11 Å². The van der Waals surface area contributed by atoms with E-state index in [0.29, 0.717) is 0 Å². The van der Waals surface area contributed by atoms with Crippen LogP contribution in [-0.4, -0.2) is 49.1 Å². The normalized spacial score (nSPS) is 13.1. The molecule has 1 atom stereocenters. The Hall–Kier alpha value is -1.51. The number of alkyl halides is 3. The smallest absolute Gasteiger partial charge is 0.411 e. The molecule has 20 heavy (non-hydrogen) atoms. The highest BCUT2D eigenvalue weighted by Crippen LogP contribution is 2.13. The number of nitrogens with one attached hydrogen (secondary N) is 2. The molecule has 0 heterocycles. The van der Waals surface area contributed by atoms with E-state index >= 15 is 0 Å². The Labute approximate surface area is 114 Å². The Morgan fingerprint density at radius 3 is 2.35 bits per heavy atom. The van der Waals surface area contributed by atoms with E-state index in [1.807, 2.05) is 0 Å². The zero-order chi connectivity index (χ0) is 15.8. The van der Waals surface area contributed by atoms with E-state index in [1.165, 1.54) is 0 Å². The first-order valence-electron chi connectivity index (χ1n) is 6.02. The molecule has 0 saturated heterocycles. The van der Waals surface area contributed by atoms with E-state index in [-0.39, 0.29) is 25.5 Å². The third kappa shape index (κ3) is 10.4. The van der Waals surface area contributed by atoms with Crippen LogP contribution in [0.15, 0.2) is 0 Å². The number of carboxylic acids is 1. The van der Waals surface area contributed by atoms with Crippen LogP contribution in [0.5, 0.6) is 0 Å². The summed E-state index contributed by atoms with van der Waals surface area (Å²) in [6.45, 7) is 1.75. The van der Waals surface area contributed by atoms with Crippen molar-refractivity contribution in [3.63, 3.8) is 0 Å². The molecule has 0 aromatic carbocycles. The summed E-state index contributed by atoms with van der Waals surface area (Å²) in [6, 6.07) is -1.19. The van der Waals surface area contributed by atoms with Crippen LogP contribution in [0, 0.1) is 5.92 Å². The lowest BCUT2D eigenvalue weighted by molar-refractivity contribution is -0.173. The summed E-state index contributed by atoms with van der Waals surface area (Å²) < 4.78 is 39.5. The monoisotopic (exact) mass is 300 g/mol. The van der Waals surface area contributed by atoms with Gasteiger partial charge in [-0.25, -0.2) is 4.79 Å². The largest absolute Gasteiger partial charge is 0.481 e. The molecule has 9 heteroatoms. The molecule has 118 valence electrons. The van der Waals surface area contributed by atoms with Gasteiger partial charge in [-0.05, 0) is 5.92 Å². The van der Waals surface area contributed by atoms with Crippen molar-refractivity contribution in [1.82, 2.24) is 10.6 Å². The van der Waals surface area contributed by atoms with Crippen molar-refractivity contribution in [3.05, 3.63) is 0 Å². The third-order valence-electron chi connectivity index (χ3n) is 2.31. The number of halogens is 3. The molecular formula is C11H19F3N2O4. The molecule has 0 bridgehead atoms. The predicted octanol–water partition coefficient (Wildman–Crippen LogP) is 1.36. The number of carboxylic acid groups (broad SMARTS) is 1. The van der Waals surface area contributed by atoms with Crippen molar-refractivity contribution in [2.75, 3.05) is 19.8 Å². The highest BCUT2D eigenvalue weighted by molar-refractivity contribution is 5.75. The van der Waals surface area contributed by atoms with Crippen LogP contribution in [0.3, 0.4) is 0 Å². The number of rotatable bonds is 8. The van der Waals surface area contributed by atoms with Crippen LogP contribution in [-0.2, 0) is 9.53 Å². The molecule has 0 aliphatic carbocycles. The van der Waals surface area contributed by atoms with Crippen molar-refractivity contribution in [3.8, 4) is 0 Å². The standard InChI is InChI=1S/C11H19F3N2O4/c1-7(2)8(5-9(17)18)16-10(19)15-3-4-20-6-11(12,13)14/h7-8H,3-6H2,1-2H3,(H,17,18)(H2,15,16,19). The highest BCUT2D eigenvalue weighted by Gasteiger charge is 2.27. The van der Waals surface area contributed by atoms with Crippen LogP contribution in [0.25, 0.3) is 0 Å². The van der Waals surface area contributed by atoms with Crippen molar-refractivity contribution in [1.29, 1.82) is 0 Å². The molecule has 0 aromatic heterocycles. The van der Waals surface area contributed by atoms with E-state index in [1.54, 1.807) is 13.8 Å². The summed E-state index contributed by atoms with van der Waals surface area (Å²) in [5.74, 6) is -1.13. The van der Waals surface area contributed by atoms with Gasteiger partial charge in [-0.3, -0.25) is 4.79 Å². The number of carbonyl (C=O) groups excluding carboxylic acids is 1. The molecule has 0 aliphatic heterocycles. The average molecular weight is 300 g/mol. The van der Waals surface area contributed by atoms with Gasteiger partial charge in [0.15, 0.2) is 0 Å². The molecule has 3 N–H and O–H groups in total. The SMILES string of the molecule is CC(C)C(CC(=O)O)NC(=O)NCCOCC(F)(F)F. The van der Waals surface area contributed by atoms with Crippen molar-refractivity contribution < 1.29 is 32.6 Å². The second-order valence-corrected chi connectivity index (χ2v) is 4.52. The van der Waals surface area contributed by atoms with Crippen molar-refractivity contribution in [2.24, 2.45) is 5.92 Å². The maximum absolute atomic E-state index is 11.7. The van der Waals surface area contributed by atoms with Gasteiger partial charge in [-0.15, -0.1) is 0 Å². The molecular weight excluding hydrogens is 281 g/mol. The molecule has 6 nitrogen and oxygen atoms in total. The van der Waals surface area contributed by atoms with Crippen LogP contribution in [0.1, 0.15) is 20.3 Å². The van der Waals surface area contributed by atoms with Crippen molar-refractivity contribution in [2.45, 2.75) is 32.5 Å². The maximum atomic E-state index is 11.7. The third-order valence-corrected chi connectivity index (χ3v) is 2.31. The Bertz CT molecular complexity index is 321. The van der Waals surface area contributed by atoms with E-state index < -0.39 is 30.8 Å². The number of aliphatic carboxylic acids is 1. The maximum Gasteiger partial charge on any atom is 0.411 e. The number of hydrogen-bond acceptors (Lipinski definition) is 3. The Balaban J connectivity index is 3.88. The Morgan fingerprint density at radius 2 is 1.90 bits per heavy atom. The fourth-order valence-electron chi connectivity index (χ4n) is 1.29. The van der Waals surface area contributed by atoms with E-state index in [9.17, 15) is 22.8 Å². The second-order valence-electron chi connectivity index (χ2n) is 4.52. The summed E-state index contributed by atoms with van der Waals surface area (Å²) >= 11 is 0. The lowest BCUT2D eigenvalue weighted by atomic mass is 10.0. The molecule has 0 spiro atoms. The first-order valence-corrected chi connectivity index (χ1v) is 6.02. The van der Waals surface area contributed by atoms with Crippen LogP contribution in [0.4, 0.5) is 18.0 Å². The summed E-state index contributed by atoms with van der Waals surface area (Å²) in [4.78, 5) is 22.0. The zero-order valence-electron chi connectivity index (χ0n) is 11.3. The Kier molecular flexibility index (Phi) is 7.97. The molecule has 0 radical (unpaired) electrons. The number of urea groups is 1. The van der Waals surface area contributed by atoms with Crippen molar-refractivity contribution >= 4 is 12.0 Å². The number of carbonyl (C=O) groups is 2. The molecule has 0 aliphatic rings. The van der Waals surface area contributed by atoms with Gasteiger partial charge in [0.1, 0.15) is 6.61 Å². The quantitative estimate of drug-likeness (QED) is 0.591. The van der Waals surface area contributed by atoms with Gasteiger partial charge in [-0.1, -0.05) is 13.8 Å². The first-order chi connectivity index (χ1) is 9.11. The van der Waals surface area contributed by atoms with Gasteiger partial charge in [0, 0.05) is 12.6 Å². The first kappa shape index (κ1) is 18.5. The van der Waals surface area contributed by atoms with Crippen LogP contribution < -0.4 is 10.6 Å². The fraction of sp³-hybridized carbons (Fsp3) is 0.818. The molecule has 1 unspecified atom stereocenters. The molecule has 0 rings (SSSR count). The van der Waals surface area contributed by atoms with Crippen LogP contribution >= 0.6 is 0 Å². The second kappa shape index (κ2) is 8.62. The van der Waals surface area contributed by atoms with Crippen LogP contribution in [0.2, 0.25) is 0 Å². The zero-order valence-corrected chi connectivity index (χ0v) is 11.3. The number of ether oxygens (including phenoxy) is 1. The molecule has 0 saturated carbocycles. The number of amides is 2. The summed E-state index contributed by atoms with van der Waals surface area (Å²) in [5.41, 5.74) is 0. The molecule has 2 amide bonds. The number of hydrogen-bond donors (Lipinski definition) is 3. The van der Waals surface area contributed by atoms with Gasteiger partial charge in [0.25, 0.3) is 0 Å². The van der Waals surface area contributed by atoms with Gasteiger partial charge in [0.05, 0.1) is 13.0 Å². The van der Waals surface area contributed by atoms with Gasteiger partial charge in [-0.2, -0.15) is 13.2 Å². The predicted molar refractivity (Wildman–Crippen MR) is 64.3 cm³/mol. The Morgan fingerprint density at radius 1 is 1.30 bits per heavy atom. The summed E-state index contributed by atoms with van der Waals surface area (Å²) in [6.07, 6.45) is -4.62. The molecule has 0 aromatic rings. The minimum atomic E-state index is -4.40. The lowest BCUT2D eigenvalue weighted by Gasteiger charge is -2.20. The topological polar surface area (TPSA) is 87.7 Å². The minimum absolute atomic E-state index is 0.0849. The average Bonchev–Trinajstić information content (AvgIpc) is 2.25. The fourth-order valence-corrected chi connectivity index (χ4v) is 1.29. The van der Waals surface area contributed by atoms with E-state index in [2.05, 4.69) is 15.4 Å². The van der Waals surface area contributed by atoms with Gasteiger partial charge < -0.3 is 20.5 Å². The lowest BCUT2D eigenvalue weighted by Crippen LogP contribution is -2.46. The summed E-state index contributed by atoms with van der Waals surface area (Å²) in [7, 11) is 0. The van der Waals surface area contributed by atoms with E-state index in [0.717, 1.165) is 0 Å². The molecule has 0 fully saturated rings. The van der Waals surface area contributed by atoms with Gasteiger partial charge >= 0.3 is 18.2 Å². The summed E-state index contributed by atoms with van der Waals surface area (Å²) in [5, 5.41) is 13.4.